The van der Waals surface area contributed by atoms with Crippen LogP contribution in [0.1, 0.15) is 34.5 Å². The Bertz CT molecular complexity index is 1250. The summed E-state index contributed by atoms with van der Waals surface area (Å²) in [5, 5.41) is 25.5. The van der Waals surface area contributed by atoms with E-state index in [4.69, 9.17) is 4.74 Å². The number of aromatic nitrogens is 4. The summed E-state index contributed by atoms with van der Waals surface area (Å²) in [4.78, 5) is 36.9. The number of Topliss-reactive ketones (excluding diaryl/α,β-unsaturated/α-hetero) is 1. The molecule has 1 aromatic heterocycles. The van der Waals surface area contributed by atoms with E-state index in [1.54, 1.807) is 0 Å². The fraction of sp³-hybridized carbons (Fsp3) is 0.190. The number of nitro benzene ring substituents is 1. The molecule has 2 aromatic carbocycles. The Morgan fingerprint density at radius 2 is 1.97 bits per heavy atom. The van der Waals surface area contributed by atoms with E-state index >= 15 is 0 Å². The van der Waals surface area contributed by atoms with E-state index in [1.165, 1.54) is 30.0 Å². The number of tetrazole rings is 1. The first-order chi connectivity index (χ1) is 15.4. The number of carbonyl (C=O) groups is 2. The van der Waals surface area contributed by atoms with E-state index in [-0.39, 0.29) is 28.5 Å². The zero-order valence-corrected chi connectivity index (χ0v) is 17.2. The maximum Gasteiger partial charge on any atom is 0.355 e. The molecule has 0 amide bonds. The number of benzene rings is 2. The molecular formula is C21H18N6O5. The van der Waals surface area contributed by atoms with Crippen LogP contribution in [0.5, 0.6) is 0 Å². The topological polar surface area (TPSA) is 142 Å². The quantitative estimate of drug-likeness (QED) is 0.268. The molecule has 2 heterocycles. The molecule has 162 valence electrons. The number of hydrogen-bond donors (Lipinski definition) is 1. The molecule has 0 saturated carbocycles. The van der Waals surface area contributed by atoms with E-state index in [0.717, 1.165) is 18.1 Å². The monoisotopic (exact) mass is 434 g/mol. The number of allylic oxidation sites excluding steroid dienone is 1. The van der Waals surface area contributed by atoms with Crippen molar-refractivity contribution in [3.05, 3.63) is 86.6 Å². The molecule has 1 aliphatic rings. The van der Waals surface area contributed by atoms with Gasteiger partial charge in [-0.2, -0.15) is 4.68 Å². The van der Waals surface area contributed by atoms with Crippen molar-refractivity contribution in [2.45, 2.75) is 19.4 Å². The Kier molecular flexibility index (Phi) is 5.46. The van der Waals surface area contributed by atoms with Crippen LogP contribution in [0.3, 0.4) is 0 Å². The van der Waals surface area contributed by atoms with Crippen molar-refractivity contribution < 1.29 is 19.2 Å². The summed E-state index contributed by atoms with van der Waals surface area (Å²) in [6, 6.07) is 11.9. The first kappa shape index (κ1) is 20.8. The number of ether oxygens (including phenoxy) is 1. The average molecular weight is 434 g/mol. The third-order valence-corrected chi connectivity index (χ3v) is 5.17. The summed E-state index contributed by atoms with van der Waals surface area (Å²) < 4.78 is 6.27. The Labute approximate surface area is 181 Å². The zero-order valence-electron chi connectivity index (χ0n) is 17.2. The first-order valence-electron chi connectivity index (χ1n) is 9.70. The van der Waals surface area contributed by atoms with E-state index in [9.17, 15) is 19.7 Å². The van der Waals surface area contributed by atoms with Crippen molar-refractivity contribution in [2.75, 3.05) is 12.4 Å². The molecular weight excluding hydrogens is 416 g/mol. The van der Waals surface area contributed by atoms with Crippen LogP contribution in [-0.2, 0) is 16.0 Å². The number of non-ortho nitro benzene ring substituents is 1. The van der Waals surface area contributed by atoms with Gasteiger partial charge in [0.1, 0.15) is 11.7 Å². The number of anilines is 1. The molecule has 1 N–H and O–H groups in total. The van der Waals surface area contributed by atoms with Crippen molar-refractivity contribution in [3.8, 4) is 0 Å². The summed E-state index contributed by atoms with van der Waals surface area (Å²) in [7, 11) is 1.19. The van der Waals surface area contributed by atoms with E-state index in [1.807, 2.05) is 31.2 Å². The molecule has 3 aromatic rings. The van der Waals surface area contributed by atoms with Gasteiger partial charge < -0.3 is 10.1 Å². The number of aryl methyl sites for hydroxylation is 1. The minimum absolute atomic E-state index is 0.0152. The fourth-order valence-electron chi connectivity index (χ4n) is 3.55. The molecule has 32 heavy (non-hydrogen) atoms. The number of rotatable bonds is 6. The van der Waals surface area contributed by atoms with E-state index < -0.39 is 22.7 Å². The van der Waals surface area contributed by atoms with Crippen molar-refractivity contribution >= 4 is 23.4 Å². The molecule has 0 bridgehead atoms. The van der Waals surface area contributed by atoms with Gasteiger partial charge in [0.25, 0.3) is 5.69 Å². The second-order valence-corrected chi connectivity index (χ2v) is 6.99. The van der Waals surface area contributed by atoms with Crippen LogP contribution in [0, 0.1) is 10.1 Å². The third kappa shape index (κ3) is 3.60. The summed E-state index contributed by atoms with van der Waals surface area (Å²) in [5.41, 5.74) is 1.43. The van der Waals surface area contributed by atoms with Crippen LogP contribution < -0.4 is 5.32 Å². The van der Waals surface area contributed by atoms with Gasteiger partial charge in [-0.3, -0.25) is 14.9 Å². The smallest absolute Gasteiger partial charge is 0.355 e. The molecule has 11 nitrogen and oxygen atoms in total. The minimum Gasteiger partial charge on any atom is -0.464 e. The van der Waals surface area contributed by atoms with Crippen LogP contribution in [0.15, 0.2) is 59.8 Å². The van der Waals surface area contributed by atoms with Crippen molar-refractivity contribution in [3.63, 3.8) is 0 Å². The van der Waals surface area contributed by atoms with Crippen LogP contribution in [0.25, 0.3) is 0 Å². The Morgan fingerprint density at radius 3 is 2.62 bits per heavy atom. The summed E-state index contributed by atoms with van der Waals surface area (Å²) in [5.74, 6) is -1.22. The highest BCUT2D eigenvalue weighted by atomic mass is 16.6. The number of nitrogens with zero attached hydrogens (tertiary/aromatic N) is 5. The van der Waals surface area contributed by atoms with Crippen molar-refractivity contribution in [1.82, 2.24) is 20.2 Å². The van der Waals surface area contributed by atoms with Gasteiger partial charge in [-0.1, -0.05) is 48.4 Å². The molecule has 0 spiro atoms. The lowest BCUT2D eigenvalue weighted by Gasteiger charge is -2.28. The van der Waals surface area contributed by atoms with Gasteiger partial charge in [0.15, 0.2) is 5.78 Å². The van der Waals surface area contributed by atoms with Gasteiger partial charge in [-0.05, 0) is 28.0 Å². The Morgan fingerprint density at radius 1 is 1.22 bits per heavy atom. The SMILES string of the molecule is CCc1ccc([C@H]2C(C(=O)c3cccc([N+](=O)[O-])c3)=C(C(=O)OC)Nc3nnnn32)cc1. The molecule has 0 unspecified atom stereocenters. The maximum absolute atomic E-state index is 13.6. The van der Waals surface area contributed by atoms with Crippen LogP contribution in [0.2, 0.25) is 0 Å². The first-order valence-corrected chi connectivity index (χ1v) is 9.70. The highest BCUT2D eigenvalue weighted by molar-refractivity contribution is 6.15. The summed E-state index contributed by atoms with van der Waals surface area (Å²) in [6.07, 6.45) is 0.825. The van der Waals surface area contributed by atoms with Crippen LogP contribution in [-0.4, -0.2) is 44.0 Å². The van der Waals surface area contributed by atoms with Gasteiger partial charge in [0.05, 0.1) is 17.6 Å². The number of nitrogens with one attached hydrogen (secondary N) is 1. The minimum atomic E-state index is -0.854. The Balaban J connectivity index is 1.93. The van der Waals surface area contributed by atoms with Crippen LogP contribution >= 0.6 is 0 Å². The predicted octanol–water partition coefficient (Wildman–Crippen LogP) is 2.47. The lowest BCUT2D eigenvalue weighted by atomic mass is 9.89. The molecule has 0 saturated heterocycles. The predicted molar refractivity (Wildman–Crippen MR) is 112 cm³/mol. The number of nitro groups is 1. The largest absolute Gasteiger partial charge is 0.464 e. The number of ketones is 1. The third-order valence-electron chi connectivity index (χ3n) is 5.17. The van der Waals surface area contributed by atoms with Gasteiger partial charge in [0, 0.05) is 17.7 Å². The molecule has 0 aliphatic carbocycles. The fourth-order valence-corrected chi connectivity index (χ4v) is 3.55. The number of fused-ring (bicyclic) bond motifs is 1. The number of esters is 1. The molecule has 0 radical (unpaired) electrons. The zero-order chi connectivity index (χ0) is 22.8. The second kappa shape index (κ2) is 8.38. The summed E-state index contributed by atoms with van der Waals surface area (Å²) >= 11 is 0. The van der Waals surface area contributed by atoms with Gasteiger partial charge in [-0.25, -0.2) is 4.79 Å². The van der Waals surface area contributed by atoms with Crippen LogP contribution in [0.4, 0.5) is 11.6 Å². The highest BCUT2D eigenvalue weighted by Crippen LogP contribution is 2.37. The van der Waals surface area contributed by atoms with Crippen molar-refractivity contribution in [2.24, 2.45) is 0 Å². The standard InChI is InChI=1S/C21H18N6O5/c1-3-12-7-9-13(10-8-12)18-16(19(28)14-5-4-6-15(11-14)27(30)31)17(20(29)32-2)22-21-23-24-25-26(18)21/h4-11,18H,3H2,1-2H3,(H,22,23,25)/t18-/m0/s1. The maximum atomic E-state index is 13.6. The lowest BCUT2D eigenvalue weighted by molar-refractivity contribution is -0.384. The molecule has 1 atom stereocenters. The van der Waals surface area contributed by atoms with E-state index in [2.05, 4.69) is 20.8 Å². The average Bonchev–Trinajstić information content (AvgIpc) is 3.30. The van der Waals surface area contributed by atoms with Gasteiger partial charge >= 0.3 is 5.97 Å². The normalized spacial score (nSPS) is 15.0. The molecule has 0 fully saturated rings. The molecule has 1 aliphatic heterocycles. The second-order valence-electron chi connectivity index (χ2n) is 6.99. The summed E-state index contributed by atoms with van der Waals surface area (Å²) in [6.45, 7) is 2.02. The number of hydrogen-bond acceptors (Lipinski definition) is 9. The number of carbonyl (C=O) groups excluding carboxylic acids is 2. The highest BCUT2D eigenvalue weighted by Gasteiger charge is 2.38. The Hall–Kier alpha value is -4.41. The molecule has 11 heteroatoms. The molecule has 4 rings (SSSR count). The lowest BCUT2D eigenvalue weighted by Crippen LogP contribution is -2.33. The van der Waals surface area contributed by atoms with Gasteiger partial charge in [0.2, 0.25) is 5.95 Å². The number of methoxy groups -OCH3 is 1. The van der Waals surface area contributed by atoms with Gasteiger partial charge in [-0.15, -0.1) is 0 Å². The van der Waals surface area contributed by atoms with Crippen molar-refractivity contribution in [1.29, 1.82) is 0 Å². The van der Waals surface area contributed by atoms with E-state index in [0.29, 0.717) is 5.56 Å².